The van der Waals surface area contributed by atoms with Crippen molar-refractivity contribution in [3.8, 4) is 0 Å². The van der Waals surface area contributed by atoms with Gasteiger partial charge in [0.1, 0.15) is 0 Å². The summed E-state index contributed by atoms with van der Waals surface area (Å²) in [5.41, 5.74) is 14.3. The van der Waals surface area contributed by atoms with Crippen LogP contribution in [0.15, 0.2) is 54.6 Å². The molecular weight excluding hydrogens is 408 g/mol. The van der Waals surface area contributed by atoms with Crippen molar-refractivity contribution in [1.29, 1.82) is 0 Å². The normalized spacial score (nSPS) is 31.8. The monoisotopic (exact) mass is 448 g/mol. The van der Waals surface area contributed by atoms with Gasteiger partial charge in [0.05, 0.1) is 0 Å². The van der Waals surface area contributed by atoms with Crippen LogP contribution in [0.3, 0.4) is 0 Å². The van der Waals surface area contributed by atoms with Crippen molar-refractivity contribution >= 4 is 0 Å². The number of hydrogen-bond donors (Lipinski definition) is 0. The van der Waals surface area contributed by atoms with Crippen molar-refractivity contribution in [3.63, 3.8) is 0 Å². The summed E-state index contributed by atoms with van der Waals surface area (Å²) >= 11 is 0. The van der Waals surface area contributed by atoms with Gasteiger partial charge in [-0.05, 0) is 119 Å². The molecule has 0 saturated heterocycles. The molecule has 0 aromatic heterocycles. The van der Waals surface area contributed by atoms with Gasteiger partial charge in [-0.1, -0.05) is 88.0 Å². The zero-order valence-electron chi connectivity index (χ0n) is 22.0. The molecule has 0 radical (unpaired) electrons. The van der Waals surface area contributed by atoms with E-state index in [0.717, 1.165) is 5.92 Å². The lowest BCUT2D eigenvalue weighted by Crippen LogP contribution is -2.62. The first kappa shape index (κ1) is 22.1. The van der Waals surface area contributed by atoms with Crippen molar-refractivity contribution in [2.75, 3.05) is 0 Å². The first-order valence-corrected chi connectivity index (χ1v) is 13.4. The Balaban J connectivity index is 1.59. The standard InChI is InChI=1S/C34H40/c1-22-7-23(2)11-29(10-22)32-16-28-17-33(19-32,30-12-24(3)8-25(4)13-30)21-34(18-28,20-32)31-14-26(5)9-27(6)15-31/h7-15,28H,16-21H2,1-6H3. The lowest BCUT2D eigenvalue weighted by molar-refractivity contribution is -0.0494. The Kier molecular flexibility index (Phi) is 4.77. The summed E-state index contributed by atoms with van der Waals surface area (Å²) in [6.45, 7) is 13.7. The maximum Gasteiger partial charge on any atom is -0.00272 e. The van der Waals surface area contributed by atoms with Crippen molar-refractivity contribution in [1.82, 2.24) is 0 Å². The third-order valence-electron chi connectivity index (χ3n) is 9.57. The molecule has 0 N–H and O–H groups in total. The molecule has 3 aromatic carbocycles. The first-order chi connectivity index (χ1) is 16.1. The SMILES string of the molecule is Cc1cc(C)cc(C23CC4CC(c5cc(C)cc(C)c5)(C2)CC(c2cc(C)cc(C)c2)(C4)C3)c1. The molecule has 34 heavy (non-hydrogen) atoms. The highest BCUT2D eigenvalue weighted by Crippen LogP contribution is 2.71. The van der Waals surface area contributed by atoms with Gasteiger partial charge in [0.2, 0.25) is 0 Å². The number of benzene rings is 3. The molecule has 4 aliphatic carbocycles. The van der Waals surface area contributed by atoms with Gasteiger partial charge in [-0.3, -0.25) is 0 Å². The second kappa shape index (κ2) is 7.33. The van der Waals surface area contributed by atoms with Crippen LogP contribution in [0.25, 0.3) is 0 Å². The van der Waals surface area contributed by atoms with Crippen LogP contribution in [0.2, 0.25) is 0 Å². The Morgan fingerprint density at radius 3 is 0.882 bits per heavy atom. The van der Waals surface area contributed by atoms with Crippen molar-refractivity contribution in [2.24, 2.45) is 5.92 Å². The average molecular weight is 449 g/mol. The van der Waals surface area contributed by atoms with Crippen LogP contribution in [0.4, 0.5) is 0 Å². The molecule has 4 fully saturated rings. The van der Waals surface area contributed by atoms with E-state index < -0.39 is 0 Å². The van der Waals surface area contributed by atoms with Gasteiger partial charge >= 0.3 is 0 Å². The molecule has 4 saturated carbocycles. The Labute approximate surface area is 206 Å². The molecule has 0 amide bonds. The van der Waals surface area contributed by atoms with E-state index in [-0.39, 0.29) is 16.2 Å². The van der Waals surface area contributed by atoms with Crippen LogP contribution in [0, 0.1) is 47.5 Å². The lowest BCUT2D eigenvalue weighted by Gasteiger charge is -2.67. The second-order valence-electron chi connectivity index (χ2n) is 13.0. The minimum absolute atomic E-state index is 0.283. The Morgan fingerprint density at radius 2 is 0.647 bits per heavy atom. The topological polar surface area (TPSA) is 0 Å². The van der Waals surface area contributed by atoms with Crippen LogP contribution in [-0.2, 0) is 16.2 Å². The summed E-state index contributed by atoms with van der Waals surface area (Å²) in [7, 11) is 0. The Bertz CT molecular complexity index is 1060. The highest BCUT2D eigenvalue weighted by atomic mass is 14.7. The van der Waals surface area contributed by atoms with Crippen LogP contribution in [0.5, 0.6) is 0 Å². The predicted octanol–water partition coefficient (Wildman–Crippen LogP) is 8.65. The van der Waals surface area contributed by atoms with Crippen molar-refractivity contribution < 1.29 is 0 Å². The molecule has 3 aromatic rings. The summed E-state index contributed by atoms with van der Waals surface area (Å²) in [6.07, 6.45) is 8.05. The van der Waals surface area contributed by atoms with E-state index in [4.69, 9.17) is 0 Å². The molecule has 0 heteroatoms. The van der Waals surface area contributed by atoms with Gasteiger partial charge in [-0.25, -0.2) is 0 Å². The molecule has 0 spiro atoms. The molecule has 0 nitrogen and oxygen atoms in total. The van der Waals surface area contributed by atoms with Crippen LogP contribution in [-0.4, -0.2) is 0 Å². The minimum Gasteiger partial charge on any atom is -0.0564 e. The molecule has 7 rings (SSSR count). The van der Waals surface area contributed by atoms with Crippen LogP contribution >= 0.6 is 0 Å². The fourth-order valence-corrected chi connectivity index (χ4v) is 9.25. The third-order valence-corrected chi connectivity index (χ3v) is 9.57. The maximum absolute atomic E-state index is 2.53. The van der Waals surface area contributed by atoms with E-state index in [2.05, 4.69) is 96.1 Å². The number of rotatable bonds is 3. The third kappa shape index (κ3) is 3.40. The second-order valence-corrected chi connectivity index (χ2v) is 13.0. The molecule has 4 bridgehead atoms. The van der Waals surface area contributed by atoms with E-state index in [9.17, 15) is 0 Å². The van der Waals surface area contributed by atoms with Gasteiger partial charge in [0.15, 0.2) is 0 Å². The van der Waals surface area contributed by atoms with Crippen LogP contribution < -0.4 is 0 Å². The van der Waals surface area contributed by atoms with E-state index in [1.807, 2.05) is 0 Å². The van der Waals surface area contributed by atoms with E-state index in [1.54, 1.807) is 16.7 Å². The molecule has 4 aliphatic rings. The molecule has 0 unspecified atom stereocenters. The summed E-state index contributed by atoms with van der Waals surface area (Å²) in [4.78, 5) is 0. The molecule has 0 aliphatic heterocycles. The maximum atomic E-state index is 2.53. The number of hydrogen-bond acceptors (Lipinski definition) is 0. The van der Waals surface area contributed by atoms with Gasteiger partial charge in [-0.2, -0.15) is 0 Å². The lowest BCUT2D eigenvalue weighted by atomic mass is 9.36. The van der Waals surface area contributed by atoms with E-state index in [0.29, 0.717) is 0 Å². The fourth-order valence-electron chi connectivity index (χ4n) is 9.25. The zero-order chi connectivity index (χ0) is 23.9. The largest absolute Gasteiger partial charge is 0.0564 e. The van der Waals surface area contributed by atoms with Crippen molar-refractivity contribution in [2.45, 2.75) is 96.3 Å². The minimum atomic E-state index is 0.283. The molecule has 176 valence electrons. The quantitative estimate of drug-likeness (QED) is 0.376. The Morgan fingerprint density at radius 1 is 0.412 bits per heavy atom. The van der Waals surface area contributed by atoms with Crippen LogP contribution in [0.1, 0.15) is 88.6 Å². The van der Waals surface area contributed by atoms with Gasteiger partial charge < -0.3 is 0 Å². The number of aryl methyl sites for hydroxylation is 6. The fraction of sp³-hybridized carbons (Fsp3) is 0.471. The summed E-state index contributed by atoms with van der Waals surface area (Å²) < 4.78 is 0. The average Bonchev–Trinajstić information content (AvgIpc) is 2.71. The van der Waals surface area contributed by atoms with Gasteiger partial charge in [0.25, 0.3) is 0 Å². The zero-order valence-corrected chi connectivity index (χ0v) is 22.0. The van der Waals surface area contributed by atoms with Gasteiger partial charge in [0, 0.05) is 0 Å². The van der Waals surface area contributed by atoms with E-state index in [1.165, 1.54) is 71.9 Å². The summed E-state index contributed by atoms with van der Waals surface area (Å²) in [5, 5.41) is 0. The van der Waals surface area contributed by atoms with Crippen molar-refractivity contribution in [3.05, 3.63) is 105 Å². The molecule has 0 atom stereocenters. The highest BCUT2D eigenvalue weighted by Gasteiger charge is 2.64. The Hall–Kier alpha value is -2.34. The highest BCUT2D eigenvalue weighted by molar-refractivity contribution is 5.47. The smallest absolute Gasteiger partial charge is 0.00272 e. The summed E-state index contributed by atoms with van der Waals surface area (Å²) in [5.74, 6) is 0.804. The summed E-state index contributed by atoms with van der Waals surface area (Å²) in [6, 6.07) is 22.2. The molecule has 0 heterocycles. The van der Waals surface area contributed by atoms with E-state index >= 15 is 0 Å². The molecular formula is C34H40. The first-order valence-electron chi connectivity index (χ1n) is 13.4. The predicted molar refractivity (Wildman–Crippen MR) is 144 cm³/mol. The van der Waals surface area contributed by atoms with Gasteiger partial charge in [-0.15, -0.1) is 0 Å².